The molecule has 1 aliphatic carbocycles. The Bertz CT molecular complexity index is 1050. The maximum atomic E-state index is 12.4. The van der Waals surface area contributed by atoms with Crippen molar-refractivity contribution in [3.8, 4) is 0 Å². The first kappa shape index (κ1) is 20.3. The first-order chi connectivity index (χ1) is 13.2. The average Bonchev–Trinajstić information content (AvgIpc) is 3.42. The van der Waals surface area contributed by atoms with Gasteiger partial charge >= 0.3 is 0 Å². The van der Waals surface area contributed by atoms with E-state index in [1.807, 2.05) is 13.0 Å². The molecule has 28 heavy (non-hydrogen) atoms. The highest BCUT2D eigenvalue weighted by Crippen LogP contribution is 2.26. The lowest BCUT2D eigenvalue weighted by atomic mass is 10.1. The van der Waals surface area contributed by atoms with E-state index in [-0.39, 0.29) is 21.5 Å². The van der Waals surface area contributed by atoms with Gasteiger partial charge in [0.1, 0.15) is 4.90 Å². The fourth-order valence-electron chi connectivity index (χ4n) is 2.66. The minimum atomic E-state index is -3.82. The second-order valence-electron chi connectivity index (χ2n) is 6.77. The molecule has 3 N–H and O–H groups in total. The number of carbonyl (C=O) groups is 2. The Morgan fingerprint density at radius 2 is 1.68 bits per heavy atom. The predicted octanol–water partition coefficient (Wildman–Crippen LogP) is 2.47. The topological polar surface area (TPSA) is 104 Å². The van der Waals surface area contributed by atoms with Crippen molar-refractivity contribution in [1.29, 1.82) is 0 Å². The number of sulfonamides is 1. The summed E-state index contributed by atoms with van der Waals surface area (Å²) in [6.45, 7) is 3.72. The van der Waals surface area contributed by atoms with Gasteiger partial charge in [0.2, 0.25) is 10.0 Å². The number of aryl methyl sites for hydroxylation is 2. The van der Waals surface area contributed by atoms with Gasteiger partial charge in [-0.1, -0.05) is 29.3 Å². The molecule has 0 bridgehead atoms. The van der Waals surface area contributed by atoms with Gasteiger partial charge < -0.3 is 0 Å². The molecule has 0 unspecified atom stereocenters. The molecule has 1 fully saturated rings. The van der Waals surface area contributed by atoms with Gasteiger partial charge in [-0.3, -0.25) is 20.4 Å². The Hall–Kier alpha value is -2.42. The van der Waals surface area contributed by atoms with Gasteiger partial charge in [-0.25, -0.2) is 13.1 Å². The van der Waals surface area contributed by atoms with Crippen LogP contribution in [0.15, 0.2) is 41.3 Å². The highest BCUT2D eigenvalue weighted by Gasteiger charge is 2.29. The molecule has 2 amide bonds. The minimum absolute atomic E-state index is 0.0176. The summed E-state index contributed by atoms with van der Waals surface area (Å²) in [7, 11) is -3.82. The third-order valence-corrected chi connectivity index (χ3v) is 6.30. The summed E-state index contributed by atoms with van der Waals surface area (Å²) in [4.78, 5) is 24.5. The Labute approximate surface area is 168 Å². The van der Waals surface area contributed by atoms with Crippen LogP contribution in [0, 0.1) is 13.8 Å². The van der Waals surface area contributed by atoms with Gasteiger partial charge in [0, 0.05) is 17.2 Å². The molecule has 7 nitrogen and oxygen atoms in total. The molecular formula is C19H20ClN3O4S. The highest BCUT2D eigenvalue weighted by molar-refractivity contribution is 7.89. The average molecular weight is 422 g/mol. The lowest BCUT2D eigenvalue weighted by Gasteiger charge is -2.12. The highest BCUT2D eigenvalue weighted by atomic mass is 35.5. The second kappa shape index (κ2) is 7.90. The number of hydrazine groups is 1. The van der Waals surface area contributed by atoms with E-state index in [4.69, 9.17) is 11.6 Å². The SMILES string of the molecule is Cc1ccc(C(=O)NNC(=O)c2ccc(Cl)c(S(=O)(=O)NC3CC3)c2)c(C)c1. The third kappa shape index (κ3) is 4.70. The molecule has 1 aliphatic rings. The molecule has 0 radical (unpaired) electrons. The quantitative estimate of drug-likeness (QED) is 0.645. The van der Waals surface area contributed by atoms with Crippen molar-refractivity contribution in [3.05, 3.63) is 63.7 Å². The molecule has 2 aromatic rings. The first-order valence-corrected chi connectivity index (χ1v) is 10.5. The molecule has 2 aromatic carbocycles. The summed E-state index contributed by atoms with van der Waals surface area (Å²) in [5.74, 6) is -1.12. The standard InChI is InChI=1S/C19H20ClN3O4S/c1-11-3-7-15(12(2)9-11)19(25)22-21-18(24)13-4-8-16(20)17(10-13)28(26,27)23-14-5-6-14/h3-4,7-10,14,23H,5-6H2,1-2H3,(H,21,24)(H,22,25). The van der Waals surface area contributed by atoms with Crippen LogP contribution in [0.3, 0.4) is 0 Å². The zero-order valence-electron chi connectivity index (χ0n) is 15.4. The number of nitrogens with one attached hydrogen (secondary N) is 3. The van der Waals surface area contributed by atoms with E-state index < -0.39 is 21.8 Å². The van der Waals surface area contributed by atoms with Crippen LogP contribution in [-0.4, -0.2) is 26.3 Å². The summed E-state index contributed by atoms with van der Waals surface area (Å²) in [6, 6.07) is 9.15. The molecule has 9 heteroatoms. The predicted molar refractivity (Wildman–Crippen MR) is 106 cm³/mol. The number of carbonyl (C=O) groups excluding carboxylic acids is 2. The Morgan fingerprint density at radius 3 is 2.32 bits per heavy atom. The Kier molecular flexibility index (Phi) is 5.74. The number of halogens is 1. The Balaban J connectivity index is 1.72. The summed E-state index contributed by atoms with van der Waals surface area (Å²) in [5.41, 5.74) is 6.91. The van der Waals surface area contributed by atoms with E-state index in [0.29, 0.717) is 5.56 Å². The van der Waals surface area contributed by atoms with Crippen molar-refractivity contribution in [2.45, 2.75) is 37.6 Å². The summed E-state index contributed by atoms with van der Waals surface area (Å²) >= 11 is 6.01. The van der Waals surface area contributed by atoms with E-state index in [1.54, 1.807) is 19.1 Å². The molecule has 0 aromatic heterocycles. The molecule has 0 atom stereocenters. The Morgan fingerprint density at radius 1 is 1.00 bits per heavy atom. The number of benzene rings is 2. The maximum absolute atomic E-state index is 12.4. The number of amides is 2. The number of hydrogen-bond acceptors (Lipinski definition) is 4. The largest absolute Gasteiger partial charge is 0.269 e. The summed E-state index contributed by atoms with van der Waals surface area (Å²) in [5, 5.41) is 0.0176. The summed E-state index contributed by atoms with van der Waals surface area (Å²) in [6.07, 6.45) is 1.56. The van der Waals surface area contributed by atoms with Crippen molar-refractivity contribution in [1.82, 2.24) is 15.6 Å². The minimum Gasteiger partial charge on any atom is -0.267 e. The molecule has 0 saturated heterocycles. The number of rotatable bonds is 5. The lowest BCUT2D eigenvalue weighted by molar-refractivity contribution is 0.0846. The molecule has 0 heterocycles. The van der Waals surface area contributed by atoms with Gasteiger partial charge in [-0.05, 0) is 56.5 Å². The third-order valence-electron chi connectivity index (χ3n) is 4.30. The fraction of sp³-hybridized carbons (Fsp3) is 0.263. The monoisotopic (exact) mass is 421 g/mol. The van der Waals surface area contributed by atoms with E-state index in [1.165, 1.54) is 18.2 Å². The molecule has 3 rings (SSSR count). The zero-order chi connectivity index (χ0) is 20.5. The van der Waals surface area contributed by atoms with Crippen molar-refractivity contribution in [2.75, 3.05) is 0 Å². The van der Waals surface area contributed by atoms with Crippen LogP contribution in [0.25, 0.3) is 0 Å². The van der Waals surface area contributed by atoms with E-state index in [9.17, 15) is 18.0 Å². The van der Waals surface area contributed by atoms with E-state index >= 15 is 0 Å². The van der Waals surface area contributed by atoms with Crippen molar-refractivity contribution >= 4 is 33.4 Å². The lowest BCUT2D eigenvalue weighted by Crippen LogP contribution is -2.42. The van der Waals surface area contributed by atoms with E-state index in [0.717, 1.165) is 24.0 Å². The van der Waals surface area contributed by atoms with Crippen LogP contribution in [0.5, 0.6) is 0 Å². The molecule has 0 spiro atoms. The maximum Gasteiger partial charge on any atom is 0.269 e. The second-order valence-corrected chi connectivity index (χ2v) is 8.86. The van der Waals surface area contributed by atoms with Crippen molar-refractivity contribution in [2.24, 2.45) is 0 Å². The van der Waals surface area contributed by atoms with Gasteiger partial charge in [-0.15, -0.1) is 0 Å². The van der Waals surface area contributed by atoms with Crippen molar-refractivity contribution < 1.29 is 18.0 Å². The van der Waals surface area contributed by atoms with Crippen LogP contribution in [-0.2, 0) is 10.0 Å². The molecule has 0 aliphatic heterocycles. The van der Waals surface area contributed by atoms with Crippen LogP contribution in [0.2, 0.25) is 5.02 Å². The van der Waals surface area contributed by atoms with Crippen LogP contribution < -0.4 is 15.6 Å². The first-order valence-electron chi connectivity index (χ1n) is 8.67. The fourth-order valence-corrected chi connectivity index (χ4v) is 4.49. The normalized spacial score (nSPS) is 13.8. The van der Waals surface area contributed by atoms with Gasteiger partial charge in [-0.2, -0.15) is 0 Å². The zero-order valence-corrected chi connectivity index (χ0v) is 16.9. The van der Waals surface area contributed by atoms with Gasteiger partial charge in [0.15, 0.2) is 0 Å². The van der Waals surface area contributed by atoms with Gasteiger partial charge in [0.05, 0.1) is 5.02 Å². The molecule has 1 saturated carbocycles. The molecular weight excluding hydrogens is 402 g/mol. The molecule has 148 valence electrons. The van der Waals surface area contributed by atoms with Crippen LogP contribution >= 0.6 is 11.6 Å². The smallest absolute Gasteiger partial charge is 0.267 e. The van der Waals surface area contributed by atoms with E-state index in [2.05, 4.69) is 15.6 Å². The van der Waals surface area contributed by atoms with Crippen molar-refractivity contribution in [3.63, 3.8) is 0 Å². The summed E-state index contributed by atoms with van der Waals surface area (Å²) < 4.78 is 27.3. The van der Waals surface area contributed by atoms with Gasteiger partial charge in [0.25, 0.3) is 11.8 Å². The van der Waals surface area contributed by atoms with Crippen LogP contribution in [0.1, 0.15) is 44.7 Å². The number of hydrogen-bond donors (Lipinski definition) is 3. The van der Waals surface area contributed by atoms with Crippen LogP contribution in [0.4, 0.5) is 0 Å².